The molecule has 0 spiro atoms. The lowest BCUT2D eigenvalue weighted by molar-refractivity contribution is -0.118. The van der Waals surface area contributed by atoms with Crippen molar-refractivity contribution in [2.45, 2.75) is 38.5 Å². The number of anilines is 1. The molecule has 1 saturated heterocycles. The van der Waals surface area contributed by atoms with Crippen molar-refractivity contribution in [3.8, 4) is 11.5 Å². The van der Waals surface area contributed by atoms with Gasteiger partial charge in [0, 0.05) is 11.1 Å². The van der Waals surface area contributed by atoms with Crippen LogP contribution in [0.1, 0.15) is 37.5 Å². The molecule has 5 rings (SSSR count). The summed E-state index contributed by atoms with van der Waals surface area (Å²) in [5.41, 5.74) is 3.51. The Morgan fingerprint density at radius 3 is 2.53 bits per heavy atom. The van der Waals surface area contributed by atoms with Crippen molar-refractivity contribution in [3.63, 3.8) is 0 Å². The molecule has 5 heteroatoms. The molecule has 1 atom stereocenters. The summed E-state index contributed by atoms with van der Waals surface area (Å²) in [4.78, 5) is 14.7. The normalized spacial score (nSPS) is 20.2. The fraction of sp³-hybridized carbons (Fsp3) is 0.276. The Labute approximate surface area is 201 Å². The predicted molar refractivity (Wildman–Crippen MR) is 135 cm³/mol. The zero-order chi connectivity index (χ0) is 23.8. The monoisotopic (exact) mass is 454 g/mol. The first kappa shape index (κ1) is 22.1. The fourth-order valence-electron chi connectivity index (χ4n) is 5.11. The van der Waals surface area contributed by atoms with Crippen molar-refractivity contribution >= 4 is 17.7 Å². The van der Waals surface area contributed by atoms with Crippen LogP contribution in [0, 0.1) is 0 Å². The lowest BCUT2D eigenvalue weighted by atomic mass is 9.75. The first-order chi connectivity index (χ1) is 16.4. The third-order valence-electron chi connectivity index (χ3n) is 6.90. The number of ether oxygens (including phenoxy) is 2. The molecule has 174 valence electrons. The molecule has 1 unspecified atom stereocenters. The van der Waals surface area contributed by atoms with E-state index in [-0.39, 0.29) is 11.3 Å². The fourth-order valence-corrected chi connectivity index (χ4v) is 5.11. The van der Waals surface area contributed by atoms with E-state index in [1.165, 1.54) is 5.56 Å². The highest BCUT2D eigenvalue weighted by molar-refractivity contribution is 5.91. The van der Waals surface area contributed by atoms with Crippen LogP contribution in [0.2, 0.25) is 0 Å². The Kier molecular flexibility index (Phi) is 5.56. The van der Waals surface area contributed by atoms with Crippen LogP contribution in [0.15, 0.2) is 78.9 Å². The molecule has 1 N–H and O–H groups in total. The smallest absolute Gasteiger partial charge is 0.241 e. The Balaban J connectivity index is 1.44. The van der Waals surface area contributed by atoms with Crippen molar-refractivity contribution < 1.29 is 14.3 Å². The Bertz CT molecular complexity index is 1240. The van der Waals surface area contributed by atoms with Crippen LogP contribution in [0.25, 0.3) is 6.08 Å². The lowest BCUT2D eigenvalue weighted by Crippen LogP contribution is -2.58. The number of hydrogen-bond donors (Lipinski definition) is 1. The number of benzene rings is 3. The summed E-state index contributed by atoms with van der Waals surface area (Å²) in [6, 6.07) is 24.4. The zero-order valence-corrected chi connectivity index (χ0v) is 19.9. The summed E-state index contributed by atoms with van der Waals surface area (Å²) < 4.78 is 11.9. The van der Waals surface area contributed by atoms with Gasteiger partial charge >= 0.3 is 0 Å². The number of nitrogens with zero attached hydrogens (tertiary/aromatic N) is 1. The molecule has 2 heterocycles. The maximum atomic E-state index is 12.5. The van der Waals surface area contributed by atoms with E-state index < -0.39 is 5.66 Å². The third-order valence-corrected chi connectivity index (χ3v) is 6.90. The predicted octanol–water partition coefficient (Wildman–Crippen LogP) is 5.30. The summed E-state index contributed by atoms with van der Waals surface area (Å²) >= 11 is 0. The number of amides is 1. The molecule has 1 fully saturated rings. The first-order valence-electron chi connectivity index (χ1n) is 11.8. The average Bonchev–Trinajstić information content (AvgIpc) is 3.28. The van der Waals surface area contributed by atoms with E-state index in [1.807, 2.05) is 61.5 Å². The van der Waals surface area contributed by atoms with E-state index in [9.17, 15) is 4.79 Å². The van der Waals surface area contributed by atoms with Gasteiger partial charge in [-0.2, -0.15) is 0 Å². The molecule has 5 nitrogen and oxygen atoms in total. The van der Waals surface area contributed by atoms with E-state index in [2.05, 4.69) is 54.4 Å². The van der Waals surface area contributed by atoms with Gasteiger partial charge < -0.3 is 19.7 Å². The average molecular weight is 455 g/mol. The van der Waals surface area contributed by atoms with Gasteiger partial charge in [0.2, 0.25) is 5.91 Å². The van der Waals surface area contributed by atoms with Gasteiger partial charge in [-0.25, -0.2) is 0 Å². The van der Waals surface area contributed by atoms with Crippen LogP contribution in [0.4, 0.5) is 5.69 Å². The molecule has 0 saturated carbocycles. The highest BCUT2D eigenvalue weighted by Gasteiger charge is 2.59. The highest BCUT2D eigenvalue weighted by Crippen LogP contribution is 2.52. The Morgan fingerprint density at radius 1 is 0.971 bits per heavy atom. The number of carbonyl (C=O) groups is 1. The topological polar surface area (TPSA) is 50.8 Å². The molecule has 0 aliphatic carbocycles. The zero-order valence-electron chi connectivity index (χ0n) is 19.9. The standard InChI is InChI=1S/C29H30N2O3/c1-4-33-26-18-21(14-15-25(26)34-20-22-10-6-5-7-11-22)16-17-29-28(2,3)23-12-8-9-13-24(23)31(29)19-27(32)30-29/h5-18H,4,19-20H2,1-3H3,(H,30,32)/b17-16+. The quantitative estimate of drug-likeness (QED) is 0.526. The number of para-hydroxylation sites is 1. The second-order valence-corrected chi connectivity index (χ2v) is 9.29. The number of carbonyl (C=O) groups excluding carboxylic acids is 1. The molecule has 0 radical (unpaired) electrons. The molecule has 0 aromatic heterocycles. The maximum Gasteiger partial charge on any atom is 0.241 e. The number of rotatable bonds is 7. The summed E-state index contributed by atoms with van der Waals surface area (Å²) in [5.74, 6) is 1.46. The van der Waals surface area contributed by atoms with Crippen LogP contribution in [-0.4, -0.2) is 24.7 Å². The summed E-state index contributed by atoms with van der Waals surface area (Å²) in [6.45, 7) is 7.72. The summed E-state index contributed by atoms with van der Waals surface area (Å²) in [5, 5.41) is 3.27. The maximum absolute atomic E-state index is 12.5. The van der Waals surface area contributed by atoms with Crippen LogP contribution in [-0.2, 0) is 16.8 Å². The van der Waals surface area contributed by atoms with Crippen molar-refractivity contribution in [2.24, 2.45) is 0 Å². The molecule has 3 aromatic rings. The van der Waals surface area contributed by atoms with E-state index >= 15 is 0 Å². The van der Waals surface area contributed by atoms with Crippen LogP contribution < -0.4 is 19.7 Å². The van der Waals surface area contributed by atoms with Gasteiger partial charge in [-0.1, -0.05) is 74.5 Å². The molecular formula is C29H30N2O3. The molecule has 34 heavy (non-hydrogen) atoms. The van der Waals surface area contributed by atoms with Gasteiger partial charge in [0.25, 0.3) is 0 Å². The van der Waals surface area contributed by atoms with Gasteiger partial charge in [-0.05, 0) is 47.9 Å². The van der Waals surface area contributed by atoms with Crippen LogP contribution in [0.5, 0.6) is 11.5 Å². The Hall–Kier alpha value is -3.73. The molecule has 3 aromatic carbocycles. The minimum absolute atomic E-state index is 0.0342. The third kappa shape index (κ3) is 3.61. The molecule has 1 amide bonds. The van der Waals surface area contributed by atoms with Gasteiger partial charge in [0.1, 0.15) is 12.3 Å². The summed E-state index contributed by atoms with van der Waals surface area (Å²) in [7, 11) is 0. The van der Waals surface area contributed by atoms with Crippen molar-refractivity contribution in [2.75, 3.05) is 18.1 Å². The Morgan fingerprint density at radius 2 is 1.74 bits per heavy atom. The first-order valence-corrected chi connectivity index (χ1v) is 11.8. The van der Waals surface area contributed by atoms with Gasteiger partial charge in [-0.3, -0.25) is 4.79 Å². The second-order valence-electron chi connectivity index (χ2n) is 9.29. The molecular weight excluding hydrogens is 424 g/mol. The van der Waals surface area contributed by atoms with Crippen molar-refractivity contribution in [1.29, 1.82) is 0 Å². The minimum Gasteiger partial charge on any atom is -0.490 e. The number of fused-ring (bicyclic) bond motifs is 3. The second kappa shape index (κ2) is 8.56. The van der Waals surface area contributed by atoms with E-state index in [1.54, 1.807) is 0 Å². The number of hydrogen-bond acceptors (Lipinski definition) is 4. The summed E-state index contributed by atoms with van der Waals surface area (Å²) in [6.07, 6.45) is 4.18. The minimum atomic E-state index is -0.623. The van der Waals surface area contributed by atoms with Crippen molar-refractivity contribution in [1.82, 2.24) is 5.32 Å². The molecule has 0 bridgehead atoms. The van der Waals surface area contributed by atoms with Gasteiger partial charge in [0.15, 0.2) is 11.5 Å². The van der Waals surface area contributed by atoms with Gasteiger partial charge in [0.05, 0.1) is 13.2 Å². The molecule has 2 aliphatic heterocycles. The van der Waals surface area contributed by atoms with Gasteiger partial charge in [-0.15, -0.1) is 0 Å². The van der Waals surface area contributed by atoms with E-state index in [0.29, 0.717) is 31.3 Å². The molecule has 2 aliphatic rings. The van der Waals surface area contributed by atoms with E-state index in [4.69, 9.17) is 9.47 Å². The number of nitrogens with one attached hydrogen (secondary N) is 1. The highest BCUT2D eigenvalue weighted by atomic mass is 16.5. The lowest BCUT2D eigenvalue weighted by Gasteiger charge is -2.40. The van der Waals surface area contributed by atoms with Crippen LogP contribution in [0.3, 0.4) is 0 Å². The van der Waals surface area contributed by atoms with Crippen molar-refractivity contribution in [3.05, 3.63) is 95.6 Å². The largest absolute Gasteiger partial charge is 0.490 e. The van der Waals surface area contributed by atoms with E-state index in [0.717, 1.165) is 16.8 Å². The van der Waals surface area contributed by atoms with Crippen LogP contribution >= 0.6 is 0 Å². The SMILES string of the molecule is CCOc1cc(/C=C/C23NC(=O)CN2c2ccccc2C3(C)C)ccc1OCc1ccccc1.